The Balaban J connectivity index is 1.72. The molecule has 1 N–H and O–H groups in total. The number of halogens is 3. The maximum absolute atomic E-state index is 13.0. The monoisotopic (exact) mass is 429 g/mol. The van der Waals surface area contributed by atoms with Gasteiger partial charge < -0.3 is 5.32 Å². The number of rotatable bonds is 5. The number of aryl methyl sites for hydroxylation is 1. The molecule has 160 valence electrons. The van der Waals surface area contributed by atoms with Gasteiger partial charge in [0.05, 0.1) is 16.6 Å². The predicted octanol–water partition coefficient (Wildman–Crippen LogP) is 3.65. The van der Waals surface area contributed by atoms with Gasteiger partial charge in [-0.25, -0.2) is 0 Å². The van der Waals surface area contributed by atoms with Crippen LogP contribution in [0.2, 0.25) is 0 Å². The van der Waals surface area contributed by atoms with Crippen LogP contribution in [0.4, 0.5) is 18.9 Å². The average Bonchev–Trinajstić information content (AvgIpc) is 3.15. The van der Waals surface area contributed by atoms with E-state index in [2.05, 4.69) is 15.5 Å². The van der Waals surface area contributed by atoms with Gasteiger partial charge >= 0.3 is 6.18 Å². The molecule has 31 heavy (non-hydrogen) atoms. The molecule has 1 amide bonds. The maximum Gasteiger partial charge on any atom is 0.416 e. The molecule has 2 aromatic heterocycles. The van der Waals surface area contributed by atoms with Gasteiger partial charge in [-0.3, -0.25) is 18.6 Å². The third-order valence-electron chi connectivity index (χ3n) is 4.83. The lowest BCUT2D eigenvalue weighted by molar-refractivity contribution is -0.137. The van der Waals surface area contributed by atoms with Crippen molar-refractivity contribution in [3.05, 3.63) is 70.3 Å². The molecule has 10 heteroatoms. The van der Waals surface area contributed by atoms with Crippen molar-refractivity contribution in [1.29, 1.82) is 0 Å². The van der Waals surface area contributed by atoms with E-state index in [0.29, 0.717) is 23.3 Å². The van der Waals surface area contributed by atoms with Crippen molar-refractivity contribution in [3.8, 4) is 0 Å². The lowest BCUT2D eigenvalue weighted by Gasteiger charge is -2.13. The van der Waals surface area contributed by atoms with Gasteiger partial charge in [-0.2, -0.15) is 13.2 Å². The molecule has 0 bridgehead atoms. The van der Waals surface area contributed by atoms with Crippen LogP contribution in [0.25, 0.3) is 16.7 Å². The molecule has 0 saturated heterocycles. The van der Waals surface area contributed by atoms with Crippen LogP contribution in [-0.4, -0.2) is 25.1 Å². The highest BCUT2D eigenvalue weighted by Crippen LogP contribution is 2.30. The molecule has 0 unspecified atom stereocenters. The molecule has 4 rings (SSSR count). The number of anilines is 1. The third kappa shape index (κ3) is 3.88. The van der Waals surface area contributed by atoms with Gasteiger partial charge in [-0.05, 0) is 36.8 Å². The molecule has 4 aromatic rings. The fraction of sp³-hybridized carbons (Fsp3) is 0.238. The predicted molar refractivity (Wildman–Crippen MR) is 109 cm³/mol. The van der Waals surface area contributed by atoms with E-state index in [1.165, 1.54) is 16.7 Å². The van der Waals surface area contributed by atoms with Crippen molar-refractivity contribution >= 4 is 28.3 Å². The summed E-state index contributed by atoms with van der Waals surface area (Å²) in [6, 6.07) is 11.4. The van der Waals surface area contributed by atoms with Crippen LogP contribution in [0.5, 0.6) is 0 Å². The molecule has 0 atom stereocenters. The van der Waals surface area contributed by atoms with Crippen molar-refractivity contribution in [2.75, 3.05) is 5.32 Å². The van der Waals surface area contributed by atoms with Gasteiger partial charge in [0.15, 0.2) is 0 Å². The number of alkyl halides is 3. The number of hydrogen-bond acceptors (Lipinski definition) is 4. The highest BCUT2D eigenvalue weighted by Gasteiger charge is 2.30. The van der Waals surface area contributed by atoms with Crippen molar-refractivity contribution in [2.45, 2.75) is 32.5 Å². The Kier molecular flexibility index (Phi) is 5.22. The molecule has 0 radical (unpaired) electrons. The molecular weight excluding hydrogens is 411 g/mol. The summed E-state index contributed by atoms with van der Waals surface area (Å²) in [7, 11) is 0. The Morgan fingerprint density at radius 2 is 1.81 bits per heavy atom. The highest BCUT2D eigenvalue weighted by atomic mass is 19.4. The Hall–Kier alpha value is -3.69. The number of benzene rings is 2. The first-order valence-electron chi connectivity index (χ1n) is 9.62. The molecule has 0 aliphatic rings. The van der Waals surface area contributed by atoms with E-state index in [-0.39, 0.29) is 17.9 Å². The molecule has 0 spiro atoms. The third-order valence-corrected chi connectivity index (χ3v) is 4.83. The van der Waals surface area contributed by atoms with Gasteiger partial charge in [0, 0.05) is 12.1 Å². The molecule has 0 aliphatic heterocycles. The smallest absolute Gasteiger partial charge is 0.325 e. The summed E-state index contributed by atoms with van der Waals surface area (Å²) in [5.41, 5.74) is -0.136. The van der Waals surface area contributed by atoms with Crippen LogP contribution in [0.1, 0.15) is 24.7 Å². The van der Waals surface area contributed by atoms with Crippen molar-refractivity contribution < 1.29 is 18.0 Å². The Bertz CT molecular complexity index is 1340. The van der Waals surface area contributed by atoms with Gasteiger partial charge in [0.2, 0.25) is 11.6 Å². The van der Waals surface area contributed by atoms with Crippen LogP contribution in [0, 0.1) is 0 Å². The quantitative estimate of drug-likeness (QED) is 0.525. The number of nitrogens with one attached hydrogen (secondary N) is 1. The number of nitrogens with zero attached hydrogens (tertiary/aromatic N) is 4. The number of amides is 1. The lowest BCUT2D eigenvalue weighted by atomic mass is 10.2. The summed E-state index contributed by atoms with van der Waals surface area (Å²) in [4.78, 5) is 25.6. The summed E-state index contributed by atoms with van der Waals surface area (Å²) in [6.45, 7) is 1.60. The van der Waals surface area contributed by atoms with Crippen molar-refractivity contribution in [3.63, 3.8) is 0 Å². The van der Waals surface area contributed by atoms with E-state index in [0.717, 1.165) is 18.6 Å². The Labute approximate surface area is 174 Å². The Morgan fingerprint density at radius 1 is 1.06 bits per heavy atom. The number of hydrogen-bond donors (Lipinski definition) is 1. The standard InChI is InChI=1S/C21H18F3N5O2/c1-2-6-17-26-27-19-20(31)28(15-9-3-4-10-16(15)29(17)19)12-18(30)25-14-8-5-7-13(11-14)21(22,23)24/h3-5,7-11H,2,6,12H2,1H3,(H,25,30). The van der Waals surface area contributed by atoms with Crippen molar-refractivity contribution in [2.24, 2.45) is 0 Å². The first-order valence-corrected chi connectivity index (χ1v) is 9.62. The second-order valence-corrected chi connectivity index (χ2v) is 7.03. The summed E-state index contributed by atoms with van der Waals surface area (Å²) < 4.78 is 41.7. The zero-order valence-electron chi connectivity index (χ0n) is 16.5. The van der Waals surface area contributed by atoms with Crippen LogP contribution in [0.15, 0.2) is 53.3 Å². The molecule has 0 saturated carbocycles. The fourth-order valence-corrected chi connectivity index (χ4v) is 3.48. The van der Waals surface area contributed by atoms with Gasteiger partial charge in [-0.1, -0.05) is 25.1 Å². The van der Waals surface area contributed by atoms with Crippen LogP contribution < -0.4 is 10.9 Å². The largest absolute Gasteiger partial charge is 0.416 e. The minimum Gasteiger partial charge on any atom is -0.325 e. The number of carbonyl (C=O) groups is 1. The van der Waals surface area contributed by atoms with E-state index in [9.17, 15) is 22.8 Å². The van der Waals surface area contributed by atoms with E-state index >= 15 is 0 Å². The summed E-state index contributed by atoms with van der Waals surface area (Å²) in [6.07, 6.45) is -3.08. The lowest BCUT2D eigenvalue weighted by Crippen LogP contribution is -2.29. The zero-order chi connectivity index (χ0) is 22.2. The normalized spacial score (nSPS) is 11.9. The molecule has 7 nitrogen and oxygen atoms in total. The average molecular weight is 429 g/mol. The van der Waals surface area contributed by atoms with Gasteiger partial charge in [0.1, 0.15) is 12.4 Å². The van der Waals surface area contributed by atoms with Gasteiger partial charge in [-0.15, -0.1) is 10.2 Å². The second-order valence-electron chi connectivity index (χ2n) is 7.03. The first kappa shape index (κ1) is 20.6. The number of fused-ring (bicyclic) bond motifs is 3. The number of carbonyl (C=O) groups excluding carboxylic acids is 1. The van der Waals surface area contributed by atoms with E-state index < -0.39 is 23.2 Å². The van der Waals surface area contributed by atoms with Crippen LogP contribution in [-0.2, 0) is 23.9 Å². The SMILES string of the molecule is CCCc1nnc2c(=O)n(CC(=O)Nc3cccc(C(F)(F)F)c3)c3ccccc3n12. The van der Waals surface area contributed by atoms with E-state index in [1.807, 2.05) is 6.92 Å². The molecule has 2 aromatic carbocycles. The Morgan fingerprint density at radius 3 is 2.52 bits per heavy atom. The number of para-hydroxylation sites is 2. The van der Waals surface area contributed by atoms with Crippen LogP contribution in [0.3, 0.4) is 0 Å². The van der Waals surface area contributed by atoms with Crippen LogP contribution >= 0.6 is 0 Å². The minimum absolute atomic E-state index is 0.00836. The maximum atomic E-state index is 13.0. The van der Waals surface area contributed by atoms with Crippen molar-refractivity contribution in [1.82, 2.24) is 19.2 Å². The topological polar surface area (TPSA) is 81.3 Å². The minimum atomic E-state index is -4.53. The zero-order valence-corrected chi connectivity index (χ0v) is 16.5. The number of aromatic nitrogens is 4. The second kappa shape index (κ2) is 7.86. The molecule has 2 heterocycles. The highest BCUT2D eigenvalue weighted by molar-refractivity contribution is 5.92. The van der Waals surface area contributed by atoms with E-state index in [4.69, 9.17) is 0 Å². The van der Waals surface area contributed by atoms with Gasteiger partial charge in [0.25, 0.3) is 5.56 Å². The summed E-state index contributed by atoms with van der Waals surface area (Å²) in [5, 5.41) is 10.5. The molecule has 0 aliphatic carbocycles. The molecular formula is C21H18F3N5O2. The van der Waals surface area contributed by atoms with E-state index in [1.54, 1.807) is 28.7 Å². The molecule has 0 fully saturated rings. The summed E-state index contributed by atoms with van der Waals surface area (Å²) in [5.74, 6) is 0.00981. The summed E-state index contributed by atoms with van der Waals surface area (Å²) >= 11 is 0. The fourth-order valence-electron chi connectivity index (χ4n) is 3.48. The first-order chi connectivity index (χ1) is 14.8.